The van der Waals surface area contributed by atoms with Gasteiger partial charge in [-0.05, 0) is 55.2 Å². The van der Waals surface area contributed by atoms with Crippen molar-refractivity contribution in [3.8, 4) is 5.82 Å². The Morgan fingerprint density at radius 1 is 1.19 bits per heavy atom. The molecule has 6 nitrogen and oxygen atoms in total. The molecule has 1 aromatic carbocycles. The molecule has 7 heteroatoms. The van der Waals surface area contributed by atoms with E-state index in [2.05, 4.69) is 22.2 Å². The second-order valence-corrected chi connectivity index (χ2v) is 9.05. The van der Waals surface area contributed by atoms with Gasteiger partial charge in [0.25, 0.3) is 5.56 Å². The number of anilines is 1. The second kappa shape index (κ2) is 8.79. The van der Waals surface area contributed by atoms with Gasteiger partial charge in [-0.3, -0.25) is 4.79 Å². The topological polar surface area (TPSA) is 75.6 Å². The van der Waals surface area contributed by atoms with E-state index in [1.165, 1.54) is 24.8 Å². The maximum absolute atomic E-state index is 12.7. The number of pyridine rings is 1. The Morgan fingerprint density at radius 3 is 2.75 bits per heavy atom. The first kappa shape index (κ1) is 20.8. The molecule has 32 heavy (non-hydrogen) atoms. The summed E-state index contributed by atoms with van der Waals surface area (Å²) >= 11 is 6.48. The van der Waals surface area contributed by atoms with Crippen LogP contribution in [-0.2, 0) is 6.42 Å². The summed E-state index contributed by atoms with van der Waals surface area (Å²) in [4.78, 5) is 24.9. The van der Waals surface area contributed by atoms with Crippen LogP contribution in [-0.4, -0.2) is 25.6 Å². The van der Waals surface area contributed by atoms with Crippen LogP contribution < -0.4 is 10.9 Å². The minimum Gasteiger partial charge on any atom is -0.381 e. The zero-order valence-corrected chi connectivity index (χ0v) is 18.8. The number of hydrogen-bond donors (Lipinski definition) is 2. The van der Waals surface area contributed by atoms with Crippen molar-refractivity contribution in [3.05, 3.63) is 81.3 Å². The molecule has 0 unspecified atom stereocenters. The Balaban J connectivity index is 1.40. The minimum absolute atomic E-state index is 0.177. The molecule has 4 aromatic rings. The summed E-state index contributed by atoms with van der Waals surface area (Å²) in [7, 11) is 0. The first-order valence-corrected chi connectivity index (χ1v) is 11.5. The number of aryl methyl sites for hydroxylation is 1. The number of rotatable bonds is 5. The zero-order chi connectivity index (χ0) is 22.1. The first-order valence-electron chi connectivity index (χ1n) is 11.1. The van der Waals surface area contributed by atoms with E-state index in [4.69, 9.17) is 16.6 Å². The monoisotopic (exact) mass is 447 g/mol. The predicted molar refractivity (Wildman–Crippen MR) is 129 cm³/mol. The van der Waals surface area contributed by atoms with Crippen molar-refractivity contribution in [3.63, 3.8) is 0 Å². The van der Waals surface area contributed by atoms with E-state index in [0.717, 1.165) is 29.9 Å². The van der Waals surface area contributed by atoms with E-state index in [9.17, 15) is 4.79 Å². The number of aromatic nitrogens is 4. The van der Waals surface area contributed by atoms with Gasteiger partial charge in [-0.15, -0.1) is 0 Å². The second-order valence-electron chi connectivity index (χ2n) is 8.64. The summed E-state index contributed by atoms with van der Waals surface area (Å²) in [6.07, 6.45) is 12.4. The molecule has 1 aliphatic carbocycles. The molecule has 1 aliphatic rings. The molecular formula is C25H26ClN5O. The number of halogens is 1. The van der Waals surface area contributed by atoms with Gasteiger partial charge in [0.15, 0.2) is 0 Å². The lowest BCUT2D eigenvalue weighted by atomic mass is 9.95. The molecular weight excluding hydrogens is 422 g/mol. The van der Waals surface area contributed by atoms with E-state index in [-0.39, 0.29) is 5.56 Å². The molecule has 0 amide bonds. The van der Waals surface area contributed by atoms with Gasteiger partial charge in [-0.1, -0.05) is 36.9 Å². The fourth-order valence-electron chi connectivity index (χ4n) is 4.38. The molecule has 3 aromatic heterocycles. The Bertz CT molecular complexity index is 1300. The van der Waals surface area contributed by atoms with Gasteiger partial charge in [0.05, 0.1) is 21.6 Å². The summed E-state index contributed by atoms with van der Waals surface area (Å²) in [6, 6.07) is 10.1. The SMILES string of the molecule is Cc1ccn(-c2ccc(Cc3nc4cc(NC5CCCCC5)c(Cl)cc4c(=O)[nH]3)cn2)c1. The van der Waals surface area contributed by atoms with Crippen molar-refractivity contribution in [2.75, 3.05) is 5.32 Å². The lowest BCUT2D eigenvalue weighted by Crippen LogP contribution is -2.22. The van der Waals surface area contributed by atoms with Crippen molar-refractivity contribution in [2.45, 2.75) is 51.5 Å². The highest BCUT2D eigenvalue weighted by molar-refractivity contribution is 6.34. The Labute approximate surface area is 191 Å². The molecule has 2 N–H and O–H groups in total. The number of H-pyrrole nitrogens is 1. The molecule has 0 bridgehead atoms. The van der Waals surface area contributed by atoms with E-state index >= 15 is 0 Å². The molecule has 5 rings (SSSR count). The Kier molecular flexibility index (Phi) is 5.70. The quantitative estimate of drug-likeness (QED) is 0.429. The molecule has 0 radical (unpaired) electrons. The van der Waals surface area contributed by atoms with E-state index in [1.807, 2.05) is 47.4 Å². The number of nitrogens with zero attached hydrogens (tertiary/aromatic N) is 3. The van der Waals surface area contributed by atoms with Gasteiger partial charge in [0.1, 0.15) is 11.6 Å². The maximum atomic E-state index is 12.7. The molecule has 1 fully saturated rings. The van der Waals surface area contributed by atoms with Crippen LogP contribution in [0.25, 0.3) is 16.7 Å². The third kappa shape index (κ3) is 4.41. The summed E-state index contributed by atoms with van der Waals surface area (Å²) in [5, 5.41) is 4.62. The van der Waals surface area contributed by atoms with Crippen LogP contribution in [0.5, 0.6) is 0 Å². The van der Waals surface area contributed by atoms with Gasteiger partial charge in [-0.2, -0.15) is 0 Å². The average molecular weight is 448 g/mol. The highest BCUT2D eigenvalue weighted by atomic mass is 35.5. The predicted octanol–water partition coefficient (Wildman–Crippen LogP) is 5.41. The molecule has 0 saturated heterocycles. The first-order chi connectivity index (χ1) is 15.5. The molecule has 0 aliphatic heterocycles. The van der Waals surface area contributed by atoms with Gasteiger partial charge >= 0.3 is 0 Å². The summed E-state index contributed by atoms with van der Waals surface area (Å²) < 4.78 is 1.99. The van der Waals surface area contributed by atoms with Gasteiger partial charge < -0.3 is 14.9 Å². The van der Waals surface area contributed by atoms with Crippen LogP contribution in [0, 0.1) is 6.92 Å². The number of fused-ring (bicyclic) bond motifs is 1. The minimum atomic E-state index is -0.177. The molecule has 3 heterocycles. The van der Waals surface area contributed by atoms with Crippen LogP contribution in [0.15, 0.2) is 53.7 Å². The summed E-state index contributed by atoms with van der Waals surface area (Å²) in [5.41, 5.74) is 3.49. The molecule has 164 valence electrons. The highest BCUT2D eigenvalue weighted by Crippen LogP contribution is 2.29. The van der Waals surface area contributed by atoms with Gasteiger partial charge in [0, 0.05) is 31.1 Å². The average Bonchev–Trinajstić information content (AvgIpc) is 3.22. The summed E-state index contributed by atoms with van der Waals surface area (Å²) in [5.74, 6) is 1.47. The third-order valence-corrected chi connectivity index (χ3v) is 6.41. The van der Waals surface area contributed by atoms with Crippen LogP contribution >= 0.6 is 11.6 Å². The van der Waals surface area contributed by atoms with Crippen molar-refractivity contribution in [1.29, 1.82) is 0 Å². The largest absolute Gasteiger partial charge is 0.381 e. The molecule has 0 atom stereocenters. The van der Waals surface area contributed by atoms with Gasteiger partial charge in [-0.25, -0.2) is 9.97 Å². The number of aromatic amines is 1. The van der Waals surface area contributed by atoms with Crippen LogP contribution in [0.2, 0.25) is 5.02 Å². The van der Waals surface area contributed by atoms with Gasteiger partial charge in [0.2, 0.25) is 0 Å². The lowest BCUT2D eigenvalue weighted by molar-refractivity contribution is 0.463. The Morgan fingerprint density at radius 2 is 2.03 bits per heavy atom. The number of benzene rings is 1. The number of hydrogen-bond acceptors (Lipinski definition) is 4. The third-order valence-electron chi connectivity index (χ3n) is 6.09. The van der Waals surface area contributed by atoms with Crippen molar-refractivity contribution in [2.24, 2.45) is 0 Å². The fourth-order valence-corrected chi connectivity index (χ4v) is 4.60. The zero-order valence-electron chi connectivity index (χ0n) is 18.1. The molecule has 0 spiro atoms. The van der Waals surface area contributed by atoms with Crippen LogP contribution in [0.3, 0.4) is 0 Å². The summed E-state index contributed by atoms with van der Waals surface area (Å²) in [6.45, 7) is 2.05. The van der Waals surface area contributed by atoms with Crippen LogP contribution in [0.4, 0.5) is 5.69 Å². The van der Waals surface area contributed by atoms with E-state index in [1.54, 1.807) is 6.07 Å². The van der Waals surface area contributed by atoms with E-state index in [0.29, 0.717) is 34.2 Å². The van der Waals surface area contributed by atoms with Crippen LogP contribution in [0.1, 0.15) is 49.1 Å². The standard InChI is InChI=1S/C25H26ClN5O/c1-16-9-10-31(15-16)24-8-7-17(14-27-24)11-23-29-21-13-22(28-18-5-3-2-4-6-18)20(26)12-19(21)25(32)30-23/h7-10,12-15,18,28H,2-6,11H2,1H3,(H,29,30,32). The maximum Gasteiger partial charge on any atom is 0.258 e. The fraction of sp³-hybridized carbons (Fsp3) is 0.320. The van der Waals surface area contributed by atoms with Crippen molar-refractivity contribution in [1.82, 2.24) is 19.5 Å². The van der Waals surface area contributed by atoms with Crippen molar-refractivity contribution < 1.29 is 0 Å². The Hall–Kier alpha value is -3.12. The normalized spacial score (nSPS) is 14.7. The number of nitrogens with one attached hydrogen (secondary N) is 2. The highest BCUT2D eigenvalue weighted by Gasteiger charge is 2.16. The molecule has 1 saturated carbocycles. The van der Waals surface area contributed by atoms with Crippen molar-refractivity contribution >= 4 is 28.2 Å². The van der Waals surface area contributed by atoms with E-state index < -0.39 is 0 Å². The smallest absolute Gasteiger partial charge is 0.258 e. The lowest BCUT2D eigenvalue weighted by Gasteiger charge is -2.24.